The number of amides is 1. The number of nitrogens with one attached hydrogen (secondary N) is 3. The highest BCUT2D eigenvalue weighted by Gasteiger charge is 2.29. The number of methoxy groups -OCH3 is 1. The summed E-state index contributed by atoms with van der Waals surface area (Å²) < 4.78 is 13.3. The average Bonchev–Trinajstić information content (AvgIpc) is 3.09. The van der Waals surface area contributed by atoms with Gasteiger partial charge in [-0.1, -0.05) is 0 Å². The number of pyridine rings is 1. The van der Waals surface area contributed by atoms with Crippen LogP contribution >= 0.6 is 0 Å². The highest BCUT2D eigenvalue weighted by molar-refractivity contribution is 6.07. The Balaban J connectivity index is 1.67. The second-order valence-corrected chi connectivity index (χ2v) is 7.96. The number of carbonyl (C=O) groups is 1. The van der Waals surface area contributed by atoms with E-state index in [4.69, 9.17) is 9.47 Å². The van der Waals surface area contributed by atoms with Crippen molar-refractivity contribution in [3.63, 3.8) is 0 Å². The van der Waals surface area contributed by atoms with E-state index in [1.54, 1.807) is 19.2 Å². The number of aromatic amines is 1. The van der Waals surface area contributed by atoms with Gasteiger partial charge in [-0.2, -0.15) is 0 Å². The minimum absolute atomic E-state index is 0.0304. The lowest BCUT2D eigenvalue weighted by molar-refractivity contribution is 0.0000608. The first-order valence-electron chi connectivity index (χ1n) is 10.6. The van der Waals surface area contributed by atoms with Crippen molar-refractivity contribution >= 4 is 16.9 Å². The Morgan fingerprint density at radius 2 is 2.25 bits per heavy atom. The van der Waals surface area contributed by atoms with E-state index in [0.29, 0.717) is 40.2 Å². The van der Waals surface area contributed by atoms with Gasteiger partial charge in [-0.05, 0) is 26.8 Å². The molecule has 10 heteroatoms. The standard InChI is InChI=1S/C22H28N6O4/c1-12-7-17(31-4)15(21(29)27-12)9-25-22(30)19-14(3)28(20-16(19)8-24-11-26-20)13(2)18-10-23-5-6-32-18/h7-8,11,13,18,23H,5-6,9-10H2,1-4H3,(H,25,30)(H,27,29)/t13?,18-/m1/s1. The molecular weight excluding hydrogens is 412 g/mol. The number of H-pyrrole nitrogens is 1. The summed E-state index contributed by atoms with van der Waals surface area (Å²) in [4.78, 5) is 37.0. The minimum atomic E-state index is -0.307. The zero-order chi connectivity index (χ0) is 22.8. The first kappa shape index (κ1) is 22.0. The lowest BCUT2D eigenvalue weighted by atomic mass is 10.1. The van der Waals surface area contributed by atoms with Crippen molar-refractivity contribution in [1.29, 1.82) is 0 Å². The van der Waals surface area contributed by atoms with Crippen LogP contribution in [-0.4, -0.2) is 58.3 Å². The molecule has 4 heterocycles. The van der Waals surface area contributed by atoms with Crippen molar-refractivity contribution < 1.29 is 14.3 Å². The quantitative estimate of drug-likeness (QED) is 0.527. The van der Waals surface area contributed by atoms with E-state index < -0.39 is 0 Å². The van der Waals surface area contributed by atoms with E-state index >= 15 is 0 Å². The van der Waals surface area contributed by atoms with Gasteiger partial charge in [0.15, 0.2) is 0 Å². The molecule has 170 valence electrons. The third kappa shape index (κ3) is 3.98. The van der Waals surface area contributed by atoms with E-state index in [-0.39, 0.29) is 30.2 Å². The fourth-order valence-electron chi connectivity index (χ4n) is 4.31. The van der Waals surface area contributed by atoms with Crippen LogP contribution in [-0.2, 0) is 11.3 Å². The molecule has 3 N–H and O–H groups in total. The summed E-state index contributed by atoms with van der Waals surface area (Å²) in [6.07, 6.45) is 3.08. The largest absolute Gasteiger partial charge is 0.496 e. The predicted molar refractivity (Wildman–Crippen MR) is 119 cm³/mol. The van der Waals surface area contributed by atoms with Crippen molar-refractivity contribution in [3.8, 4) is 5.75 Å². The molecule has 0 aromatic carbocycles. The molecule has 10 nitrogen and oxygen atoms in total. The van der Waals surface area contributed by atoms with Gasteiger partial charge < -0.3 is 29.7 Å². The Kier molecular flexibility index (Phi) is 6.24. The molecule has 1 unspecified atom stereocenters. The van der Waals surface area contributed by atoms with Gasteiger partial charge in [0.2, 0.25) is 0 Å². The second kappa shape index (κ2) is 9.09. The topological polar surface area (TPSA) is 123 Å². The molecule has 3 aromatic rings. The van der Waals surface area contributed by atoms with Crippen molar-refractivity contribution in [2.75, 3.05) is 26.8 Å². The number of aryl methyl sites for hydroxylation is 1. The molecule has 0 aliphatic carbocycles. The number of hydrogen-bond donors (Lipinski definition) is 3. The number of ether oxygens (including phenoxy) is 2. The molecule has 0 bridgehead atoms. The minimum Gasteiger partial charge on any atom is -0.496 e. The fourth-order valence-corrected chi connectivity index (χ4v) is 4.31. The number of rotatable bonds is 6. The van der Waals surface area contributed by atoms with E-state index in [2.05, 4.69) is 32.5 Å². The summed E-state index contributed by atoms with van der Waals surface area (Å²) in [6.45, 7) is 7.95. The molecule has 1 amide bonds. The Hall–Kier alpha value is -3.24. The van der Waals surface area contributed by atoms with Gasteiger partial charge in [-0.3, -0.25) is 9.59 Å². The first-order valence-corrected chi connectivity index (χ1v) is 10.6. The maximum absolute atomic E-state index is 13.3. The Morgan fingerprint density at radius 1 is 1.44 bits per heavy atom. The summed E-state index contributed by atoms with van der Waals surface area (Å²) in [6, 6.07) is 1.69. The molecule has 1 aliphatic heterocycles. The Morgan fingerprint density at radius 3 is 2.97 bits per heavy atom. The predicted octanol–water partition coefficient (Wildman–Crippen LogP) is 1.22. The number of aromatic nitrogens is 4. The molecule has 0 radical (unpaired) electrons. The molecule has 0 spiro atoms. The first-order chi connectivity index (χ1) is 15.4. The molecule has 2 atom stereocenters. The molecule has 1 saturated heterocycles. The van der Waals surface area contributed by atoms with Crippen LogP contribution < -0.4 is 20.9 Å². The fraction of sp³-hybridized carbons (Fsp3) is 0.455. The Bertz CT molecular complexity index is 1200. The molecule has 0 saturated carbocycles. The summed E-state index contributed by atoms with van der Waals surface area (Å²) >= 11 is 0. The molecule has 1 fully saturated rings. The van der Waals surface area contributed by atoms with Crippen LogP contribution in [0.4, 0.5) is 0 Å². The van der Waals surface area contributed by atoms with Gasteiger partial charge in [0.1, 0.15) is 17.7 Å². The maximum Gasteiger partial charge on any atom is 0.256 e. The summed E-state index contributed by atoms with van der Waals surface area (Å²) in [7, 11) is 1.50. The van der Waals surface area contributed by atoms with E-state index in [1.807, 2.05) is 11.5 Å². The highest BCUT2D eigenvalue weighted by Crippen LogP contribution is 2.29. The van der Waals surface area contributed by atoms with Crippen LogP contribution in [0.3, 0.4) is 0 Å². The molecule has 1 aliphatic rings. The van der Waals surface area contributed by atoms with Gasteiger partial charge >= 0.3 is 0 Å². The second-order valence-electron chi connectivity index (χ2n) is 7.96. The van der Waals surface area contributed by atoms with Crippen LogP contribution in [0.1, 0.15) is 40.3 Å². The van der Waals surface area contributed by atoms with Crippen molar-refractivity contribution in [2.45, 2.75) is 39.5 Å². The third-order valence-corrected chi connectivity index (χ3v) is 5.92. The zero-order valence-corrected chi connectivity index (χ0v) is 18.7. The maximum atomic E-state index is 13.3. The number of carbonyl (C=O) groups excluding carboxylic acids is 1. The summed E-state index contributed by atoms with van der Waals surface area (Å²) in [5.74, 6) is 0.127. The average molecular weight is 441 g/mol. The molecule has 3 aromatic heterocycles. The van der Waals surface area contributed by atoms with E-state index in [0.717, 1.165) is 18.8 Å². The molecule has 4 rings (SSSR count). The lowest BCUT2D eigenvalue weighted by Crippen LogP contribution is -2.42. The van der Waals surface area contributed by atoms with Crippen LogP contribution in [0.15, 0.2) is 23.4 Å². The zero-order valence-electron chi connectivity index (χ0n) is 18.7. The monoisotopic (exact) mass is 440 g/mol. The SMILES string of the molecule is COc1cc(C)[nH]c(=O)c1CNC(=O)c1c(C)n(C(C)[C@H]2CNCCO2)c2ncncc12. The molecular formula is C22H28N6O4. The number of nitrogens with zero attached hydrogens (tertiary/aromatic N) is 3. The van der Waals surface area contributed by atoms with Crippen molar-refractivity contribution in [2.24, 2.45) is 0 Å². The normalized spacial score (nSPS) is 17.3. The number of morpholine rings is 1. The van der Waals surface area contributed by atoms with Gasteiger partial charge in [-0.15, -0.1) is 0 Å². The van der Waals surface area contributed by atoms with Gasteiger partial charge in [-0.25, -0.2) is 9.97 Å². The smallest absolute Gasteiger partial charge is 0.256 e. The van der Waals surface area contributed by atoms with Crippen molar-refractivity contribution in [3.05, 3.63) is 51.5 Å². The summed E-state index contributed by atoms with van der Waals surface area (Å²) in [5.41, 5.74) is 2.68. The van der Waals surface area contributed by atoms with Crippen molar-refractivity contribution in [1.82, 2.24) is 30.2 Å². The third-order valence-electron chi connectivity index (χ3n) is 5.92. The van der Waals surface area contributed by atoms with Crippen LogP contribution in [0, 0.1) is 13.8 Å². The van der Waals surface area contributed by atoms with Gasteiger partial charge in [0.25, 0.3) is 11.5 Å². The number of fused-ring (bicyclic) bond motifs is 1. The molecule has 32 heavy (non-hydrogen) atoms. The van der Waals surface area contributed by atoms with Gasteiger partial charge in [0.05, 0.1) is 48.9 Å². The van der Waals surface area contributed by atoms with E-state index in [9.17, 15) is 9.59 Å². The summed E-state index contributed by atoms with van der Waals surface area (Å²) in [5, 5.41) is 6.87. The Labute approximate surface area is 185 Å². The van der Waals surface area contributed by atoms with Gasteiger partial charge in [0, 0.05) is 30.7 Å². The number of hydrogen-bond acceptors (Lipinski definition) is 7. The highest BCUT2D eigenvalue weighted by atomic mass is 16.5. The lowest BCUT2D eigenvalue weighted by Gasteiger charge is -2.30. The van der Waals surface area contributed by atoms with Crippen LogP contribution in [0.25, 0.3) is 11.0 Å². The van der Waals surface area contributed by atoms with Crippen LogP contribution in [0.2, 0.25) is 0 Å². The van der Waals surface area contributed by atoms with E-state index in [1.165, 1.54) is 13.4 Å². The van der Waals surface area contributed by atoms with Crippen LogP contribution in [0.5, 0.6) is 5.75 Å².